The van der Waals surface area contributed by atoms with Crippen LogP contribution in [0.3, 0.4) is 0 Å². The molecule has 0 atom stereocenters. The number of anilines is 2. The first-order chi connectivity index (χ1) is 13.2. The molecule has 0 aromatic heterocycles. The summed E-state index contributed by atoms with van der Waals surface area (Å²) >= 11 is 0. The lowest BCUT2D eigenvalue weighted by atomic mass is 10.1. The Bertz CT molecular complexity index is 839. The van der Waals surface area contributed by atoms with Crippen LogP contribution in [0.5, 0.6) is 11.5 Å². The van der Waals surface area contributed by atoms with Crippen LogP contribution in [0.25, 0.3) is 6.08 Å². The lowest BCUT2D eigenvalue weighted by Crippen LogP contribution is -2.21. The second-order valence-electron chi connectivity index (χ2n) is 6.47. The monoisotopic (exact) mass is 366 g/mol. The summed E-state index contributed by atoms with van der Waals surface area (Å²) in [5.41, 5.74) is 3.22. The summed E-state index contributed by atoms with van der Waals surface area (Å²) in [6, 6.07) is 11.5. The molecule has 1 fully saturated rings. The topological polar surface area (TPSA) is 50.8 Å². The van der Waals surface area contributed by atoms with Gasteiger partial charge in [-0.1, -0.05) is 24.3 Å². The van der Waals surface area contributed by atoms with E-state index in [4.69, 9.17) is 9.47 Å². The maximum atomic E-state index is 13.0. The van der Waals surface area contributed by atoms with Gasteiger partial charge in [0.1, 0.15) is 0 Å². The molecule has 0 spiro atoms. The van der Waals surface area contributed by atoms with Gasteiger partial charge >= 0.3 is 0 Å². The number of nitrogens with zero attached hydrogens (tertiary/aromatic N) is 1. The van der Waals surface area contributed by atoms with Gasteiger partial charge in [0.05, 0.1) is 25.6 Å². The number of hydrogen-bond donors (Lipinski definition) is 1. The molecule has 0 saturated carbocycles. The lowest BCUT2D eigenvalue weighted by Gasteiger charge is -2.21. The molecule has 1 aliphatic rings. The van der Waals surface area contributed by atoms with E-state index in [1.807, 2.05) is 43.3 Å². The Labute approximate surface area is 160 Å². The Hall–Kier alpha value is -2.95. The van der Waals surface area contributed by atoms with Gasteiger partial charge in [-0.15, -0.1) is 0 Å². The number of amides is 1. The summed E-state index contributed by atoms with van der Waals surface area (Å²) in [4.78, 5) is 15.3. The number of hydrogen-bond acceptors (Lipinski definition) is 4. The number of allylic oxidation sites excluding steroid dienone is 1. The maximum absolute atomic E-state index is 13.0. The van der Waals surface area contributed by atoms with E-state index in [0.29, 0.717) is 17.1 Å². The van der Waals surface area contributed by atoms with Crippen molar-refractivity contribution < 1.29 is 14.3 Å². The third-order valence-electron chi connectivity index (χ3n) is 4.72. The first-order valence-corrected chi connectivity index (χ1v) is 9.22. The molecule has 0 bridgehead atoms. The van der Waals surface area contributed by atoms with E-state index in [-0.39, 0.29) is 5.91 Å². The summed E-state index contributed by atoms with van der Waals surface area (Å²) in [5, 5.41) is 3.06. The Balaban J connectivity index is 1.92. The molecule has 0 aliphatic carbocycles. The highest BCUT2D eigenvalue weighted by molar-refractivity contribution is 6.06. The zero-order chi connectivity index (χ0) is 19.2. The lowest BCUT2D eigenvalue weighted by molar-refractivity contribution is 0.102. The Kier molecular flexibility index (Phi) is 6.01. The van der Waals surface area contributed by atoms with Crippen LogP contribution in [0.1, 0.15) is 35.7 Å². The van der Waals surface area contributed by atoms with Crippen LogP contribution < -0.4 is 19.7 Å². The van der Waals surface area contributed by atoms with E-state index < -0.39 is 0 Å². The van der Waals surface area contributed by atoms with Gasteiger partial charge in [-0.05, 0) is 44.0 Å². The van der Waals surface area contributed by atoms with E-state index in [1.165, 1.54) is 12.8 Å². The van der Waals surface area contributed by atoms with E-state index in [1.54, 1.807) is 20.3 Å². The number of para-hydroxylation sites is 2. The molecule has 1 saturated heterocycles. The van der Waals surface area contributed by atoms with Crippen LogP contribution in [0.4, 0.5) is 11.4 Å². The normalized spacial score (nSPS) is 13.8. The SMILES string of the molecule is C/C=C/c1cc(C(=O)Nc2ccccc2N2CCCC2)cc(OC)c1OC. The van der Waals surface area contributed by atoms with E-state index in [2.05, 4.69) is 16.3 Å². The summed E-state index contributed by atoms with van der Waals surface area (Å²) in [6.07, 6.45) is 6.17. The number of carbonyl (C=O) groups excluding carboxylic acids is 1. The predicted molar refractivity (Wildman–Crippen MR) is 110 cm³/mol. The number of nitrogens with one attached hydrogen (secondary N) is 1. The molecule has 0 radical (unpaired) electrons. The van der Waals surface area contributed by atoms with E-state index in [9.17, 15) is 4.79 Å². The van der Waals surface area contributed by atoms with Crippen LogP contribution in [0, 0.1) is 0 Å². The number of ether oxygens (including phenoxy) is 2. The van der Waals surface area contributed by atoms with Crippen molar-refractivity contribution in [2.45, 2.75) is 19.8 Å². The molecule has 1 aliphatic heterocycles. The van der Waals surface area contributed by atoms with Crippen molar-refractivity contribution >= 4 is 23.4 Å². The molecular weight excluding hydrogens is 340 g/mol. The molecular formula is C22H26N2O3. The Morgan fingerprint density at radius 3 is 2.52 bits per heavy atom. The average Bonchev–Trinajstić information content (AvgIpc) is 3.22. The number of rotatable bonds is 6. The van der Waals surface area contributed by atoms with E-state index >= 15 is 0 Å². The third kappa shape index (κ3) is 4.08. The minimum atomic E-state index is -0.173. The largest absolute Gasteiger partial charge is 0.493 e. The molecule has 2 aromatic carbocycles. The zero-order valence-electron chi connectivity index (χ0n) is 16.1. The van der Waals surface area contributed by atoms with Gasteiger partial charge in [-0.2, -0.15) is 0 Å². The third-order valence-corrected chi connectivity index (χ3v) is 4.72. The van der Waals surface area contributed by atoms with Crippen LogP contribution in [-0.4, -0.2) is 33.2 Å². The molecule has 1 N–H and O–H groups in total. The molecule has 0 unspecified atom stereocenters. The minimum absolute atomic E-state index is 0.173. The average molecular weight is 366 g/mol. The van der Waals surface area contributed by atoms with Crippen molar-refractivity contribution in [1.29, 1.82) is 0 Å². The van der Waals surface area contributed by atoms with Crippen LogP contribution >= 0.6 is 0 Å². The van der Waals surface area contributed by atoms with Gasteiger partial charge in [0.15, 0.2) is 11.5 Å². The molecule has 1 heterocycles. The smallest absolute Gasteiger partial charge is 0.255 e. The summed E-state index contributed by atoms with van der Waals surface area (Å²) < 4.78 is 10.9. The fourth-order valence-electron chi connectivity index (χ4n) is 3.44. The summed E-state index contributed by atoms with van der Waals surface area (Å²) in [7, 11) is 3.17. The zero-order valence-corrected chi connectivity index (χ0v) is 16.1. The molecule has 142 valence electrons. The molecule has 27 heavy (non-hydrogen) atoms. The second kappa shape index (κ2) is 8.62. The minimum Gasteiger partial charge on any atom is -0.493 e. The number of benzene rings is 2. The van der Waals surface area contributed by atoms with E-state index in [0.717, 1.165) is 30.0 Å². The number of methoxy groups -OCH3 is 2. The van der Waals surface area contributed by atoms with Crippen molar-refractivity contribution in [3.63, 3.8) is 0 Å². The highest BCUT2D eigenvalue weighted by atomic mass is 16.5. The Morgan fingerprint density at radius 2 is 1.85 bits per heavy atom. The van der Waals surface area contributed by atoms with Gasteiger partial charge in [-0.25, -0.2) is 0 Å². The molecule has 2 aromatic rings. The standard InChI is InChI=1S/C22H26N2O3/c1-4-9-16-14-17(15-20(26-2)21(16)27-3)22(25)23-18-10-5-6-11-19(18)24-12-7-8-13-24/h4-6,9-11,14-15H,7-8,12-13H2,1-3H3,(H,23,25)/b9-4+. The predicted octanol–water partition coefficient (Wildman–Crippen LogP) is 4.59. The van der Waals surface area contributed by atoms with Crippen molar-refractivity contribution in [3.8, 4) is 11.5 Å². The van der Waals surface area contributed by atoms with Gasteiger partial charge in [-0.3, -0.25) is 4.79 Å². The van der Waals surface area contributed by atoms with Crippen LogP contribution in [0.15, 0.2) is 42.5 Å². The van der Waals surface area contributed by atoms with Crippen molar-refractivity contribution in [2.75, 3.05) is 37.5 Å². The van der Waals surface area contributed by atoms with Gasteiger partial charge in [0.25, 0.3) is 5.91 Å². The number of carbonyl (C=O) groups is 1. The molecule has 5 heteroatoms. The maximum Gasteiger partial charge on any atom is 0.255 e. The van der Waals surface area contributed by atoms with Gasteiger partial charge in [0, 0.05) is 24.2 Å². The fourth-order valence-corrected chi connectivity index (χ4v) is 3.44. The Morgan fingerprint density at radius 1 is 1.11 bits per heavy atom. The van der Waals surface area contributed by atoms with Crippen molar-refractivity contribution in [3.05, 3.63) is 53.6 Å². The van der Waals surface area contributed by atoms with Crippen LogP contribution in [0.2, 0.25) is 0 Å². The van der Waals surface area contributed by atoms with Gasteiger partial charge < -0.3 is 19.7 Å². The second-order valence-corrected chi connectivity index (χ2v) is 6.47. The van der Waals surface area contributed by atoms with Crippen molar-refractivity contribution in [2.24, 2.45) is 0 Å². The van der Waals surface area contributed by atoms with Gasteiger partial charge in [0.2, 0.25) is 0 Å². The fraction of sp³-hybridized carbons (Fsp3) is 0.318. The highest BCUT2D eigenvalue weighted by Gasteiger charge is 2.19. The first-order valence-electron chi connectivity index (χ1n) is 9.22. The summed E-state index contributed by atoms with van der Waals surface area (Å²) in [6.45, 7) is 3.97. The molecule has 1 amide bonds. The first kappa shape index (κ1) is 18.8. The molecule has 5 nitrogen and oxygen atoms in total. The quantitative estimate of drug-likeness (QED) is 0.812. The molecule has 3 rings (SSSR count). The summed E-state index contributed by atoms with van der Waals surface area (Å²) in [5.74, 6) is 0.976. The van der Waals surface area contributed by atoms with Crippen LogP contribution in [-0.2, 0) is 0 Å². The highest BCUT2D eigenvalue weighted by Crippen LogP contribution is 2.34. The van der Waals surface area contributed by atoms with Crippen molar-refractivity contribution in [1.82, 2.24) is 0 Å².